The molecular weight excluding hydrogens is 420 g/mol. The van der Waals surface area contributed by atoms with E-state index in [2.05, 4.69) is 4.98 Å². The van der Waals surface area contributed by atoms with Crippen LogP contribution in [0.2, 0.25) is 0 Å². The number of carboxylic acid groups (broad SMARTS) is 1. The molecule has 158 valence electrons. The molecule has 1 fully saturated rings. The third-order valence-corrected chi connectivity index (χ3v) is 7.19. The van der Waals surface area contributed by atoms with Crippen molar-refractivity contribution in [3.63, 3.8) is 0 Å². The monoisotopic (exact) mass is 438 g/mol. The summed E-state index contributed by atoms with van der Waals surface area (Å²) in [5.41, 5.74) is 1.36. The Hall–Kier alpha value is -3.27. The molecule has 0 radical (unpaired) electrons. The Labute approximate surface area is 177 Å². The van der Waals surface area contributed by atoms with Gasteiger partial charge < -0.3 is 14.3 Å². The van der Waals surface area contributed by atoms with Crippen molar-refractivity contribution in [2.24, 2.45) is 0 Å². The number of sulfonamides is 1. The number of pyridine rings is 1. The van der Waals surface area contributed by atoms with E-state index >= 15 is 0 Å². The van der Waals surface area contributed by atoms with E-state index in [1.807, 2.05) is 24.3 Å². The van der Waals surface area contributed by atoms with Gasteiger partial charge in [-0.15, -0.1) is 0 Å². The molecule has 4 aromatic rings. The number of aromatic carboxylic acids is 1. The highest BCUT2D eigenvalue weighted by Crippen LogP contribution is 2.31. The molecule has 0 saturated carbocycles. The zero-order chi connectivity index (χ0) is 21.6. The number of ether oxygens (including phenoxy) is 1. The highest BCUT2D eigenvalue weighted by molar-refractivity contribution is 7.89. The molecule has 0 unspecified atom stereocenters. The number of para-hydroxylation sites is 1. The lowest BCUT2D eigenvalue weighted by Crippen LogP contribution is -2.40. The fourth-order valence-electron chi connectivity index (χ4n) is 3.71. The van der Waals surface area contributed by atoms with Gasteiger partial charge in [0.1, 0.15) is 11.3 Å². The van der Waals surface area contributed by atoms with Gasteiger partial charge in [-0.25, -0.2) is 18.2 Å². The molecule has 0 spiro atoms. The van der Waals surface area contributed by atoms with Gasteiger partial charge in [0.2, 0.25) is 10.0 Å². The minimum Gasteiger partial charge on any atom is -0.478 e. The van der Waals surface area contributed by atoms with Crippen LogP contribution in [0, 0.1) is 0 Å². The average Bonchev–Trinajstić information content (AvgIpc) is 3.23. The summed E-state index contributed by atoms with van der Waals surface area (Å²) in [5, 5.41) is 10.9. The third kappa shape index (κ3) is 3.46. The zero-order valence-corrected chi connectivity index (χ0v) is 17.1. The average molecular weight is 438 g/mol. The van der Waals surface area contributed by atoms with E-state index in [4.69, 9.17) is 9.15 Å². The van der Waals surface area contributed by atoms with Crippen molar-refractivity contribution >= 4 is 37.9 Å². The van der Waals surface area contributed by atoms with E-state index in [-0.39, 0.29) is 28.9 Å². The van der Waals surface area contributed by atoms with Crippen molar-refractivity contribution in [2.75, 3.05) is 26.3 Å². The number of carbonyl (C=O) groups is 1. The van der Waals surface area contributed by atoms with Crippen LogP contribution in [0.25, 0.3) is 33.3 Å². The number of benzene rings is 2. The Morgan fingerprint density at radius 3 is 2.55 bits per heavy atom. The molecule has 1 aliphatic rings. The van der Waals surface area contributed by atoms with Crippen LogP contribution in [-0.2, 0) is 14.8 Å². The number of nitrogens with zero attached hydrogens (tertiary/aromatic N) is 2. The SMILES string of the molecule is O=C(O)c1cc(-c2cc3ccccc3o2)nc2ccc(S(=O)(=O)N3CCOCC3)cc12. The normalized spacial score (nSPS) is 15.5. The van der Waals surface area contributed by atoms with Gasteiger partial charge in [0, 0.05) is 23.9 Å². The quantitative estimate of drug-likeness (QED) is 0.520. The van der Waals surface area contributed by atoms with Gasteiger partial charge in [-0.3, -0.25) is 0 Å². The van der Waals surface area contributed by atoms with Crippen molar-refractivity contribution in [3.05, 3.63) is 60.2 Å². The van der Waals surface area contributed by atoms with Crippen LogP contribution in [0.3, 0.4) is 0 Å². The standard InChI is InChI=1S/C22H18N2O6S/c25-22(26)17-13-19(21-11-14-3-1-2-4-20(14)30-21)23-18-6-5-15(12-16(17)18)31(27,28)24-7-9-29-10-8-24/h1-6,11-13H,7-10H2,(H,25,26). The van der Waals surface area contributed by atoms with Crippen molar-refractivity contribution in [1.82, 2.24) is 9.29 Å². The summed E-state index contributed by atoms with van der Waals surface area (Å²) in [4.78, 5) is 16.6. The lowest BCUT2D eigenvalue weighted by Gasteiger charge is -2.26. The number of aromatic nitrogens is 1. The number of furan rings is 1. The first kappa shape index (κ1) is 19.7. The van der Waals surface area contributed by atoms with Crippen LogP contribution in [0.1, 0.15) is 10.4 Å². The Balaban J connectivity index is 1.64. The topological polar surface area (TPSA) is 110 Å². The fourth-order valence-corrected chi connectivity index (χ4v) is 5.15. The molecule has 5 rings (SSSR count). The first-order valence-electron chi connectivity index (χ1n) is 9.68. The third-order valence-electron chi connectivity index (χ3n) is 5.30. The summed E-state index contributed by atoms with van der Waals surface area (Å²) in [7, 11) is -3.76. The van der Waals surface area contributed by atoms with Gasteiger partial charge in [-0.2, -0.15) is 4.31 Å². The van der Waals surface area contributed by atoms with Gasteiger partial charge >= 0.3 is 5.97 Å². The highest BCUT2D eigenvalue weighted by atomic mass is 32.2. The van der Waals surface area contributed by atoms with Gasteiger partial charge in [0.05, 0.1) is 29.2 Å². The van der Waals surface area contributed by atoms with Crippen LogP contribution in [-0.4, -0.2) is 55.1 Å². The molecular formula is C22H18N2O6S. The maximum Gasteiger partial charge on any atom is 0.336 e. The summed E-state index contributed by atoms with van der Waals surface area (Å²) < 4.78 is 38.4. The molecule has 9 heteroatoms. The molecule has 0 atom stereocenters. The molecule has 0 aliphatic carbocycles. The van der Waals surface area contributed by atoms with Crippen LogP contribution in [0.15, 0.2) is 63.9 Å². The Morgan fingerprint density at radius 2 is 1.81 bits per heavy atom. The van der Waals surface area contributed by atoms with Gasteiger partial charge in [0.15, 0.2) is 5.76 Å². The van der Waals surface area contributed by atoms with E-state index in [1.165, 1.54) is 28.6 Å². The predicted octanol–water partition coefficient (Wildman–Crippen LogP) is 3.37. The van der Waals surface area contributed by atoms with E-state index in [0.717, 1.165) is 5.39 Å². The molecule has 1 aliphatic heterocycles. The van der Waals surface area contributed by atoms with Crippen LogP contribution < -0.4 is 0 Å². The number of carboxylic acids is 1. The minimum atomic E-state index is -3.76. The van der Waals surface area contributed by atoms with Gasteiger partial charge in [-0.1, -0.05) is 18.2 Å². The first-order chi connectivity index (χ1) is 14.9. The fraction of sp³-hybridized carbons (Fsp3) is 0.182. The number of morpholine rings is 1. The highest BCUT2D eigenvalue weighted by Gasteiger charge is 2.27. The van der Waals surface area contributed by atoms with E-state index in [1.54, 1.807) is 6.07 Å². The lowest BCUT2D eigenvalue weighted by molar-refractivity contribution is 0.0699. The number of hydrogen-bond donors (Lipinski definition) is 1. The zero-order valence-electron chi connectivity index (χ0n) is 16.3. The van der Waals surface area contributed by atoms with Crippen molar-refractivity contribution in [3.8, 4) is 11.5 Å². The molecule has 0 amide bonds. The maximum atomic E-state index is 13.0. The first-order valence-corrected chi connectivity index (χ1v) is 11.1. The van der Waals surface area contributed by atoms with Crippen molar-refractivity contribution in [1.29, 1.82) is 0 Å². The number of rotatable bonds is 4. The molecule has 2 aromatic carbocycles. The second-order valence-electron chi connectivity index (χ2n) is 7.20. The predicted molar refractivity (Wildman–Crippen MR) is 113 cm³/mol. The smallest absolute Gasteiger partial charge is 0.336 e. The number of hydrogen-bond acceptors (Lipinski definition) is 6. The Bertz CT molecular complexity index is 1390. The number of fused-ring (bicyclic) bond motifs is 2. The Kier molecular flexibility index (Phi) is 4.73. The van der Waals surface area contributed by atoms with Crippen molar-refractivity contribution < 1.29 is 27.5 Å². The lowest BCUT2D eigenvalue weighted by atomic mass is 10.1. The molecule has 3 heterocycles. The van der Waals surface area contributed by atoms with Crippen molar-refractivity contribution in [2.45, 2.75) is 4.90 Å². The summed E-state index contributed by atoms with van der Waals surface area (Å²) in [6.45, 7) is 1.18. The van der Waals surface area contributed by atoms with Gasteiger partial charge in [0.25, 0.3) is 0 Å². The maximum absolute atomic E-state index is 13.0. The molecule has 1 N–H and O–H groups in total. The molecule has 8 nitrogen and oxygen atoms in total. The van der Waals surface area contributed by atoms with Crippen LogP contribution in [0.5, 0.6) is 0 Å². The summed E-state index contributed by atoms with van der Waals surface area (Å²) >= 11 is 0. The largest absolute Gasteiger partial charge is 0.478 e. The van der Waals surface area contributed by atoms with E-state index in [9.17, 15) is 18.3 Å². The van der Waals surface area contributed by atoms with E-state index in [0.29, 0.717) is 35.8 Å². The molecule has 31 heavy (non-hydrogen) atoms. The minimum absolute atomic E-state index is 0.0303. The summed E-state index contributed by atoms with van der Waals surface area (Å²) in [6, 6.07) is 15.0. The molecule has 1 saturated heterocycles. The van der Waals surface area contributed by atoms with E-state index < -0.39 is 16.0 Å². The van der Waals surface area contributed by atoms with Crippen LogP contribution >= 0.6 is 0 Å². The second-order valence-corrected chi connectivity index (χ2v) is 9.14. The van der Waals surface area contributed by atoms with Crippen LogP contribution in [0.4, 0.5) is 0 Å². The Morgan fingerprint density at radius 1 is 1.03 bits per heavy atom. The second kappa shape index (κ2) is 7.45. The van der Waals surface area contributed by atoms with Gasteiger partial charge in [-0.05, 0) is 36.4 Å². The molecule has 2 aromatic heterocycles. The summed E-state index contributed by atoms with van der Waals surface area (Å²) in [5.74, 6) is -0.735. The molecule has 0 bridgehead atoms. The summed E-state index contributed by atoms with van der Waals surface area (Å²) in [6.07, 6.45) is 0.